The lowest BCUT2D eigenvalue weighted by Crippen LogP contribution is -1.98. The summed E-state index contributed by atoms with van der Waals surface area (Å²) in [6.45, 7) is -0.0511. The van der Waals surface area contributed by atoms with Crippen LogP contribution in [-0.2, 0) is 4.74 Å². The second kappa shape index (κ2) is 4.34. The van der Waals surface area contributed by atoms with E-state index in [9.17, 15) is 0 Å². The molecular formula is C12H9NO2. The molecule has 0 spiro atoms. The second-order valence-electron chi connectivity index (χ2n) is 2.98. The lowest BCUT2D eigenvalue weighted by Gasteiger charge is -2.06. The lowest BCUT2D eigenvalue weighted by atomic mass is 10.1. The molecule has 2 aromatic rings. The lowest BCUT2D eigenvalue weighted by molar-refractivity contribution is 0.0930. The molecule has 0 atom stereocenters. The summed E-state index contributed by atoms with van der Waals surface area (Å²) >= 11 is 0. The van der Waals surface area contributed by atoms with Gasteiger partial charge in [0.05, 0.1) is 0 Å². The van der Waals surface area contributed by atoms with Crippen molar-refractivity contribution in [2.75, 3.05) is 6.79 Å². The first-order valence-corrected chi connectivity index (χ1v) is 4.53. The molecule has 0 saturated carbocycles. The number of nitriles is 1. The third kappa shape index (κ3) is 2.00. The Morgan fingerprint density at radius 1 is 1.07 bits per heavy atom. The Morgan fingerprint density at radius 2 is 1.87 bits per heavy atom. The molecule has 0 saturated heterocycles. The molecule has 2 aromatic carbocycles. The van der Waals surface area contributed by atoms with Gasteiger partial charge in [0.25, 0.3) is 6.26 Å². The van der Waals surface area contributed by atoms with Crippen molar-refractivity contribution < 1.29 is 9.47 Å². The summed E-state index contributed by atoms with van der Waals surface area (Å²) in [5.41, 5.74) is 0. The molecule has 0 radical (unpaired) electrons. The van der Waals surface area contributed by atoms with Crippen molar-refractivity contribution >= 4 is 10.8 Å². The Morgan fingerprint density at radius 3 is 2.73 bits per heavy atom. The van der Waals surface area contributed by atoms with Crippen LogP contribution in [0, 0.1) is 11.5 Å². The monoisotopic (exact) mass is 199 g/mol. The van der Waals surface area contributed by atoms with E-state index in [0.29, 0.717) is 0 Å². The molecule has 0 bridgehead atoms. The first-order valence-electron chi connectivity index (χ1n) is 4.53. The molecule has 0 aromatic heterocycles. The zero-order chi connectivity index (χ0) is 10.5. The van der Waals surface area contributed by atoms with Crippen LogP contribution in [0.1, 0.15) is 0 Å². The summed E-state index contributed by atoms with van der Waals surface area (Å²) in [6.07, 6.45) is 1.56. The zero-order valence-corrected chi connectivity index (χ0v) is 8.01. The molecule has 3 nitrogen and oxygen atoms in total. The standard InChI is InChI=1S/C12H9NO2/c13-8-14-9-15-12-7-3-5-10-4-1-2-6-11(10)12/h1-7H,9H2. The highest BCUT2D eigenvalue weighted by molar-refractivity contribution is 5.88. The number of benzene rings is 2. The maximum atomic E-state index is 8.21. The van der Waals surface area contributed by atoms with E-state index in [-0.39, 0.29) is 6.79 Å². The highest BCUT2D eigenvalue weighted by Crippen LogP contribution is 2.24. The van der Waals surface area contributed by atoms with Crippen molar-refractivity contribution in [2.45, 2.75) is 0 Å². The van der Waals surface area contributed by atoms with Gasteiger partial charge in [0.15, 0.2) is 0 Å². The van der Waals surface area contributed by atoms with E-state index in [1.54, 1.807) is 6.26 Å². The summed E-state index contributed by atoms with van der Waals surface area (Å²) in [6, 6.07) is 13.7. The van der Waals surface area contributed by atoms with Gasteiger partial charge in [-0.15, -0.1) is 0 Å². The van der Waals surface area contributed by atoms with Crippen LogP contribution in [-0.4, -0.2) is 6.79 Å². The van der Waals surface area contributed by atoms with Gasteiger partial charge in [-0.1, -0.05) is 36.4 Å². The predicted octanol–water partition coefficient (Wildman–Crippen LogP) is 2.67. The first-order chi connectivity index (χ1) is 7.42. The molecule has 15 heavy (non-hydrogen) atoms. The summed E-state index contributed by atoms with van der Waals surface area (Å²) in [4.78, 5) is 0. The Bertz CT molecular complexity index is 497. The molecule has 0 aliphatic heterocycles. The van der Waals surface area contributed by atoms with Crippen LogP contribution in [0.15, 0.2) is 42.5 Å². The van der Waals surface area contributed by atoms with Gasteiger partial charge in [0.1, 0.15) is 5.75 Å². The van der Waals surface area contributed by atoms with Gasteiger partial charge in [-0.05, 0) is 11.5 Å². The molecule has 0 fully saturated rings. The molecule has 0 heterocycles. The predicted molar refractivity (Wildman–Crippen MR) is 56.1 cm³/mol. The molecule has 0 amide bonds. The zero-order valence-electron chi connectivity index (χ0n) is 8.01. The van der Waals surface area contributed by atoms with E-state index in [2.05, 4.69) is 4.74 Å². The van der Waals surface area contributed by atoms with E-state index < -0.39 is 0 Å². The van der Waals surface area contributed by atoms with Gasteiger partial charge in [-0.3, -0.25) is 0 Å². The van der Waals surface area contributed by atoms with Crippen molar-refractivity contribution in [1.29, 1.82) is 5.26 Å². The number of fused-ring (bicyclic) bond motifs is 1. The summed E-state index contributed by atoms with van der Waals surface area (Å²) in [5.74, 6) is 0.725. The van der Waals surface area contributed by atoms with E-state index in [4.69, 9.17) is 10.00 Å². The first kappa shape index (κ1) is 9.35. The van der Waals surface area contributed by atoms with Crippen LogP contribution in [0.2, 0.25) is 0 Å². The fraction of sp³-hybridized carbons (Fsp3) is 0.0833. The molecule has 3 heteroatoms. The fourth-order valence-electron chi connectivity index (χ4n) is 1.44. The van der Waals surface area contributed by atoms with E-state index in [1.807, 2.05) is 42.5 Å². The minimum absolute atomic E-state index is 0.0511. The Labute approximate surface area is 87.5 Å². The highest BCUT2D eigenvalue weighted by atomic mass is 16.7. The molecule has 74 valence electrons. The van der Waals surface area contributed by atoms with Gasteiger partial charge in [0, 0.05) is 5.39 Å². The van der Waals surface area contributed by atoms with Crippen LogP contribution in [0.4, 0.5) is 0 Å². The number of hydrogen-bond donors (Lipinski definition) is 0. The largest absolute Gasteiger partial charge is 0.456 e. The van der Waals surface area contributed by atoms with E-state index in [0.717, 1.165) is 16.5 Å². The van der Waals surface area contributed by atoms with Crippen molar-refractivity contribution in [3.63, 3.8) is 0 Å². The normalized spacial score (nSPS) is 9.53. The average molecular weight is 199 g/mol. The molecule has 2 rings (SSSR count). The SMILES string of the molecule is N#COCOc1cccc2ccccc12. The molecule has 0 aliphatic carbocycles. The summed E-state index contributed by atoms with van der Waals surface area (Å²) < 4.78 is 9.78. The quantitative estimate of drug-likeness (QED) is 0.433. The van der Waals surface area contributed by atoms with Crippen LogP contribution < -0.4 is 4.74 Å². The third-order valence-electron chi connectivity index (χ3n) is 2.09. The smallest absolute Gasteiger partial charge is 0.289 e. The maximum absolute atomic E-state index is 8.21. The van der Waals surface area contributed by atoms with Crippen LogP contribution in [0.25, 0.3) is 10.8 Å². The van der Waals surface area contributed by atoms with Crippen molar-refractivity contribution in [3.05, 3.63) is 42.5 Å². The summed E-state index contributed by atoms with van der Waals surface area (Å²) in [7, 11) is 0. The van der Waals surface area contributed by atoms with Gasteiger partial charge in [-0.25, -0.2) is 0 Å². The highest BCUT2D eigenvalue weighted by Gasteiger charge is 2.00. The Balaban J connectivity index is 2.31. The number of rotatable bonds is 3. The van der Waals surface area contributed by atoms with E-state index in [1.165, 1.54) is 0 Å². The minimum Gasteiger partial charge on any atom is -0.456 e. The number of ether oxygens (including phenoxy) is 2. The van der Waals surface area contributed by atoms with Gasteiger partial charge in [0.2, 0.25) is 6.79 Å². The topological polar surface area (TPSA) is 42.2 Å². The van der Waals surface area contributed by atoms with Crippen molar-refractivity contribution in [3.8, 4) is 12.0 Å². The molecule has 0 N–H and O–H groups in total. The van der Waals surface area contributed by atoms with Crippen molar-refractivity contribution in [2.24, 2.45) is 0 Å². The van der Waals surface area contributed by atoms with E-state index >= 15 is 0 Å². The molecule has 0 unspecified atom stereocenters. The van der Waals surface area contributed by atoms with Crippen LogP contribution in [0.3, 0.4) is 0 Å². The third-order valence-corrected chi connectivity index (χ3v) is 2.09. The number of nitrogens with zero attached hydrogens (tertiary/aromatic N) is 1. The molecular weight excluding hydrogens is 190 g/mol. The van der Waals surface area contributed by atoms with Crippen LogP contribution >= 0.6 is 0 Å². The van der Waals surface area contributed by atoms with Gasteiger partial charge in [-0.2, -0.15) is 5.26 Å². The second-order valence-corrected chi connectivity index (χ2v) is 2.98. The van der Waals surface area contributed by atoms with Crippen molar-refractivity contribution in [1.82, 2.24) is 0 Å². The maximum Gasteiger partial charge on any atom is 0.289 e. The summed E-state index contributed by atoms with van der Waals surface area (Å²) in [5, 5.41) is 10.3. The Hall–Kier alpha value is -2.21. The number of hydrogen-bond acceptors (Lipinski definition) is 3. The minimum atomic E-state index is -0.0511. The van der Waals surface area contributed by atoms with Crippen LogP contribution in [0.5, 0.6) is 5.75 Å². The average Bonchev–Trinajstić information content (AvgIpc) is 2.30. The Kier molecular flexibility index (Phi) is 2.70. The van der Waals surface area contributed by atoms with Gasteiger partial charge >= 0.3 is 0 Å². The molecule has 0 aliphatic rings. The fourth-order valence-corrected chi connectivity index (χ4v) is 1.44. The van der Waals surface area contributed by atoms with Gasteiger partial charge < -0.3 is 9.47 Å².